The number of nitrogens with two attached hydrogens (primary N) is 1. The third kappa shape index (κ3) is 2.51. The summed E-state index contributed by atoms with van der Waals surface area (Å²) >= 11 is 0. The molecule has 0 spiro atoms. The van der Waals surface area contributed by atoms with Crippen LogP contribution in [0.3, 0.4) is 0 Å². The van der Waals surface area contributed by atoms with Gasteiger partial charge in [0, 0.05) is 6.04 Å². The minimum absolute atomic E-state index is 0.279. The molecule has 11 heavy (non-hydrogen) atoms. The third-order valence-electron chi connectivity index (χ3n) is 2.30. The highest BCUT2D eigenvalue weighted by Gasteiger charge is 2.36. The Morgan fingerprint density at radius 1 is 1.45 bits per heavy atom. The molecule has 0 amide bonds. The summed E-state index contributed by atoms with van der Waals surface area (Å²) in [6, 6.07) is 0.279. The Balaban J connectivity index is 2.26. The van der Waals surface area contributed by atoms with E-state index in [0.29, 0.717) is 0 Å². The highest BCUT2D eigenvalue weighted by atomic mass is 14.7. The fourth-order valence-corrected chi connectivity index (χ4v) is 1.33. The van der Waals surface area contributed by atoms with Crippen LogP contribution < -0.4 is 5.73 Å². The Morgan fingerprint density at radius 3 is 2.55 bits per heavy atom. The molecule has 2 N–H and O–H groups in total. The zero-order valence-electron chi connectivity index (χ0n) is 7.33. The molecule has 0 aromatic heterocycles. The van der Waals surface area contributed by atoms with Gasteiger partial charge in [-0.2, -0.15) is 0 Å². The maximum atomic E-state index is 5.89. The summed E-state index contributed by atoms with van der Waals surface area (Å²) < 4.78 is 0. The van der Waals surface area contributed by atoms with Crippen molar-refractivity contribution in [2.75, 3.05) is 0 Å². The first-order chi connectivity index (χ1) is 5.25. The Bertz CT molecular complexity index is 170. The maximum absolute atomic E-state index is 5.89. The molecule has 0 heterocycles. The van der Waals surface area contributed by atoms with Gasteiger partial charge in [-0.1, -0.05) is 31.2 Å². The van der Waals surface area contributed by atoms with Gasteiger partial charge < -0.3 is 5.73 Å². The van der Waals surface area contributed by atoms with E-state index in [2.05, 4.69) is 13.0 Å². The average Bonchev–Trinajstić information content (AvgIpc) is 2.67. The molecule has 0 aliphatic heterocycles. The molecule has 0 saturated heterocycles. The standard InChI is InChI=1S/C10H17N/c1-3-4-5-6-10(11)9-7-8(9)2/h3-6,8-10H,7,11H2,1-2H3. The van der Waals surface area contributed by atoms with Gasteiger partial charge in [0.25, 0.3) is 0 Å². The molecular weight excluding hydrogens is 134 g/mol. The van der Waals surface area contributed by atoms with Crippen molar-refractivity contribution in [2.24, 2.45) is 17.6 Å². The monoisotopic (exact) mass is 151 g/mol. The van der Waals surface area contributed by atoms with Gasteiger partial charge in [0.15, 0.2) is 0 Å². The summed E-state index contributed by atoms with van der Waals surface area (Å²) in [5.74, 6) is 1.59. The molecule has 1 rings (SSSR count). The average molecular weight is 151 g/mol. The number of rotatable bonds is 3. The van der Waals surface area contributed by atoms with Crippen LogP contribution in [0, 0.1) is 11.8 Å². The highest BCUT2D eigenvalue weighted by molar-refractivity contribution is 5.09. The van der Waals surface area contributed by atoms with Crippen LogP contribution in [0.4, 0.5) is 0 Å². The van der Waals surface area contributed by atoms with E-state index in [1.54, 1.807) is 0 Å². The van der Waals surface area contributed by atoms with Gasteiger partial charge in [-0.05, 0) is 25.2 Å². The lowest BCUT2D eigenvalue weighted by Crippen LogP contribution is -2.19. The highest BCUT2D eigenvalue weighted by Crippen LogP contribution is 2.40. The van der Waals surface area contributed by atoms with Crippen molar-refractivity contribution in [3.63, 3.8) is 0 Å². The van der Waals surface area contributed by atoms with Crippen molar-refractivity contribution in [1.29, 1.82) is 0 Å². The summed E-state index contributed by atoms with van der Waals surface area (Å²) in [5.41, 5.74) is 5.89. The van der Waals surface area contributed by atoms with Crippen LogP contribution in [0.25, 0.3) is 0 Å². The van der Waals surface area contributed by atoms with Gasteiger partial charge in [-0.3, -0.25) is 0 Å². The second kappa shape index (κ2) is 3.72. The molecule has 0 bridgehead atoms. The Morgan fingerprint density at radius 2 is 2.09 bits per heavy atom. The van der Waals surface area contributed by atoms with Crippen LogP contribution in [0.2, 0.25) is 0 Å². The summed E-state index contributed by atoms with van der Waals surface area (Å²) in [6.07, 6.45) is 9.47. The van der Waals surface area contributed by atoms with Crippen molar-refractivity contribution in [3.05, 3.63) is 24.3 Å². The molecule has 1 nitrogen and oxygen atoms in total. The molecule has 1 fully saturated rings. The first-order valence-corrected chi connectivity index (χ1v) is 4.30. The minimum atomic E-state index is 0.279. The van der Waals surface area contributed by atoms with Crippen molar-refractivity contribution in [1.82, 2.24) is 0 Å². The van der Waals surface area contributed by atoms with Gasteiger partial charge >= 0.3 is 0 Å². The molecule has 62 valence electrons. The van der Waals surface area contributed by atoms with Crippen molar-refractivity contribution in [3.8, 4) is 0 Å². The first-order valence-electron chi connectivity index (χ1n) is 4.30. The topological polar surface area (TPSA) is 26.0 Å². The van der Waals surface area contributed by atoms with Crippen LogP contribution in [-0.2, 0) is 0 Å². The van der Waals surface area contributed by atoms with E-state index >= 15 is 0 Å². The van der Waals surface area contributed by atoms with Crippen LogP contribution >= 0.6 is 0 Å². The predicted octanol–water partition coefficient (Wildman–Crippen LogP) is 2.10. The lowest BCUT2D eigenvalue weighted by Gasteiger charge is -2.01. The van der Waals surface area contributed by atoms with Crippen LogP contribution in [0.5, 0.6) is 0 Å². The number of hydrogen-bond acceptors (Lipinski definition) is 1. The maximum Gasteiger partial charge on any atom is 0.0258 e. The lowest BCUT2D eigenvalue weighted by atomic mass is 10.1. The second-order valence-corrected chi connectivity index (χ2v) is 3.36. The molecule has 0 radical (unpaired) electrons. The molecule has 0 aromatic carbocycles. The molecule has 1 aliphatic rings. The van der Waals surface area contributed by atoms with Gasteiger partial charge in [0.1, 0.15) is 0 Å². The van der Waals surface area contributed by atoms with E-state index in [-0.39, 0.29) is 6.04 Å². The lowest BCUT2D eigenvalue weighted by molar-refractivity contribution is 0.658. The van der Waals surface area contributed by atoms with Crippen molar-refractivity contribution >= 4 is 0 Å². The molecule has 0 aromatic rings. The SMILES string of the molecule is CC=CC=CC(N)C1CC1C. The smallest absolute Gasteiger partial charge is 0.0258 e. The minimum Gasteiger partial charge on any atom is -0.324 e. The molecular formula is C10H17N. The van der Waals surface area contributed by atoms with Crippen molar-refractivity contribution < 1.29 is 0 Å². The zero-order chi connectivity index (χ0) is 8.27. The summed E-state index contributed by atoms with van der Waals surface area (Å²) in [5, 5.41) is 0. The Kier molecular flexibility index (Phi) is 2.89. The fraction of sp³-hybridized carbons (Fsp3) is 0.600. The molecule has 1 aliphatic carbocycles. The summed E-state index contributed by atoms with van der Waals surface area (Å²) in [6.45, 7) is 4.27. The van der Waals surface area contributed by atoms with Gasteiger partial charge in [0.2, 0.25) is 0 Å². The summed E-state index contributed by atoms with van der Waals surface area (Å²) in [7, 11) is 0. The normalized spacial score (nSPS) is 33.4. The van der Waals surface area contributed by atoms with Crippen LogP contribution in [0.1, 0.15) is 20.3 Å². The van der Waals surface area contributed by atoms with E-state index in [1.807, 2.05) is 25.2 Å². The molecule has 3 atom stereocenters. The number of allylic oxidation sites excluding steroid dienone is 3. The number of hydrogen-bond donors (Lipinski definition) is 1. The van der Waals surface area contributed by atoms with Crippen LogP contribution in [0.15, 0.2) is 24.3 Å². The van der Waals surface area contributed by atoms with Gasteiger partial charge in [-0.15, -0.1) is 0 Å². The van der Waals surface area contributed by atoms with Crippen LogP contribution in [-0.4, -0.2) is 6.04 Å². The van der Waals surface area contributed by atoms with E-state index in [0.717, 1.165) is 11.8 Å². The molecule has 3 unspecified atom stereocenters. The zero-order valence-corrected chi connectivity index (χ0v) is 7.33. The quantitative estimate of drug-likeness (QED) is 0.614. The van der Waals surface area contributed by atoms with E-state index < -0.39 is 0 Å². The van der Waals surface area contributed by atoms with Gasteiger partial charge in [-0.25, -0.2) is 0 Å². The van der Waals surface area contributed by atoms with Crippen molar-refractivity contribution in [2.45, 2.75) is 26.3 Å². The fourth-order valence-electron chi connectivity index (χ4n) is 1.33. The van der Waals surface area contributed by atoms with Gasteiger partial charge in [0.05, 0.1) is 0 Å². The Labute approximate surface area is 69.0 Å². The molecule has 1 saturated carbocycles. The Hall–Kier alpha value is -0.560. The van der Waals surface area contributed by atoms with E-state index in [4.69, 9.17) is 5.73 Å². The van der Waals surface area contributed by atoms with E-state index in [1.165, 1.54) is 6.42 Å². The second-order valence-electron chi connectivity index (χ2n) is 3.36. The first kappa shape index (κ1) is 8.54. The van der Waals surface area contributed by atoms with E-state index in [9.17, 15) is 0 Å². The molecule has 1 heteroatoms. The summed E-state index contributed by atoms with van der Waals surface area (Å²) in [4.78, 5) is 0. The predicted molar refractivity (Wildman–Crippen MR) is 49.2 cm³/mol. The largest absolute Gasteiger partial charge is 0.324 e. The third-order valence-corrected chi connectivity index (χ3v) is 2.30.